The minimum Gasteiger partial charge on any atom is -0.337 e. The molecule has 1 saturated heterocycles. The molecule has 5 nitrogen and oxygen atoms in total. The van der Waals surface area contributed by atoms with E-state index in [1.807, 2.05) is 30.3 Å². The molecule has 1 fully saturated rings. The second-order valence-electron chi connectivity index (χ2n) is 6.68. The number of pyridine rings is 1. The number of carbonyl (C=O) groups excluding carboxylic acids is 2. The van der Waals surface area contributed by atoms with Crippen molar-refractivity contribution in [2.24, 2.45) is 5.92 Å². The number of hydrogen-bond acceptors (Lipinski definition) is 3. The molecule has 3 rings (SSSR count). The van der Waals surface area contributed by atoms with E-state index in [9.17, 15) is 9.59 Å². The zero-order chi connectivity index (χ0) is 18.5. The molecule has 2 amide bonds. The van der Waals surface area contributed by atoms with E-state index >= 15 is 0 Å². The largest absolute Gasteiger partial charge is 0.337 e. The third-order valence-electron chi connectivity index (χ3n) is 4.93. The third kappa shape index (κ3) is 3.93. The molecule has 1 aromatic carbocycles. The lowest BCUT2D eigenvalue weighted by atomic mass is 10.0. The molecule has 136 valence electrons. The predicted molar refractivity (Wildman–Crippen MR) is 102 cm³/mol. The van der Waals surface area contributed by atoms with Gasteiger partial charge in [-0.15, -0.1) is 0 Å². The fraction of sp³-hybridized carbons (Fsp3) is 0.381. The number of rotatable bonds is 6. The molecule has 1 unspecified atom stereocenters. The van der Waals surface area contributed by atoms with Crippen LogP contribution < -0.4 is 5.32 Å². The number of aryl methyl sites for hydroxylation is 2. The number of para-hydroxylation sites is 1. The Labute approximate surface area is 154 Å². The fourth-order valence-electron chi connectivity index (χ4n) is 3.44. The predicted octanol–water partition coefficient (Wildman–Crippen LogP) is 3.19. The van der Waals surface area contributed by atoms with E-state index in [2.05, 4.69) is 24.1 Å². The summed E-state index contributed by atoms with van der Waals surface area (Å²) >= 11 is 0. The zero-order valence-electron chi connectivity index (χ0n) is 15.4. The van der Waals surface area contributed by atoms with Crippen molar-refractivity contribution in [1.82, 2.24) is 9.88 Å². The molecule has 26 heavy (non-hydrogen) atoms. The van der Waals surface area contributed by atoms with Gasteiger partial charge in [0, 0.05) is 37.6 Å². The molecule has 1 aliphatic heterocycles. The minimum atomic E-state index is -0.311. The Morgan fingerprint density at radius 3 is 2.54 bits per heavy atom. The van der Waals surface area contributed by atoms with Crippen molar-refractivity contribution in [2.45, 2.75) is 39.7 Å². The highest BCUT2D eigenvalue weighted by Gasteiger charge is 2.34. The van der Waals surface area contributed by atoms with Crippen LogP contribution in [0.5, 0.6) is 0 Å². The number of anilines is 1. The van der Waals surface area contributed by atoms with Crippen molar-refractivity contribution < 1.29 is 9.59 Å². The van der Waals surface area contributed by atoms with Gasteiger partial charge in [0.05, 0.1) is 5.92 Å². The molecule has 2 aromatic rings. The number of likely N-dealkylation sites (tertiary alicyclic amines) is 1. The zero-order valence-corrected chi connectivity index (χ0v) is 15.4. The summed E-state index contributed by atoms with van der Waals surface area (Å²) in [6.07, 6.45) is 5.45. The molecular formula is C21H25N3O2. The molecule has 0 saturated carbocycles. The first-order valence-corrected chi connectivity index (χ1v) is 9.20. The summed E-state index contributed by atoms with van der Waals surface area (Å²) in [5.41, 5.74) is 4.16. The van der Waals surface area contributed by atoms with Crippen LogP contribution in [0.15, 0.2) is 42.7 Å². The van der Waals surface area contributed by atoms with Crippen molar-refractivity contribution in [1.29, 1.82) is 0 Å². The van der Waals surface area contributed by atoms with Gasteiger partial charge in [-0.1, -0.05) is 38.1 Å². The van der Waals surface area contributed by atoms with Gasteiger partial charge in [0.1, 0.15) is 0 Å². The van der Waals surface area contributed by atoms with E-state index in [0.29, 0.717) is 13.1 Å². The average molecular weight is 351 g/mol. The van der Waals surface area contributed by atoms with Gasteiger partial charge in [0.2, 0.25) is 11.8 Å². The number of amides is 2. The summed E-state index contributed by atoms with van der Waals surface area (Å²) in [6.45, 7) is 5.12. The first-order valence-electron chi connectivity index (χ1n) is 9.20. The van der Waals surface area contributed by atoms with Crippen LogP contribution in [0.4, 0.5) is 5.69 Å². The lowest BCUT2D eigenvalue weighted by Gasteiger charge is -2.18. The Balaban J connectivity index is 1.69. The molecular weight excluding hydrogens is 326 g/mol. The van der Waals surface area contributed by atoms with Crippen LogP contribution >= 0.6 is 0 Å². The van der Waals surface area contributed by atoms with E-state index in [4.69, 9.17) is 0 Å². The van der Waals surface area contributed by atoms with Crippen LogP contribution in [0.1, 0.15) is 37.0 Å². The third-order valence-corrected chi connectivity index (χ3v) is 4.93. The van der Waals surface area contributed by atoms with Gasteiger partial charge in [-0.2, -0.15) is 0 Å². The van der Waals surface area contributed by atoms with Crippen LogP contribution in [0.3, 0.4) is 0 Å². The molecule has 5 heteroatoms. The van der Waals surface area contributed by atoms with Gasteiger partial charge in [-0.05, 0) is 35.6 Å². The molecule has 0 spiro atoms. The molecule has 0 radical (unpaired) electrons. The molecule has 1 aromatic heterocycles. The Bertz CT molecular complexity index is 767. The minimum absolute atomic E-state index is 0.0218. The SMILES string of the molecule is CCc1cccc(CC)c1NC(=O)C1CC(=O)N(Cc2cccnc2)C1. The van der Waals surface area contributed by atoms with E-state index in [1.165, 1.54) is 0 Å². The number of hydrogen-bond donors (Lipinski definition) is 1. The van der Waals surface area contributed by atoms with Gasteiger partial charge < -0.3 is 10.2 Å². The first kappa shape index (κ1) is 18.1. The normalized spacial score (nSPS) is 16.8. The maximum absolute atomic E-state index is 12.8. The Hall–Kier alpha value is -2.69. The smallest absolute Gasteiger partial charge is 0.229 e. The van der Waals surface area contributed by atoms with Crippen LogP contribution in [0.25, 0.3) is 0 Å². The van der Waals surface area contributed by atoms with E-state index in [-0.39, 0.29) is 24.2 Å². The summed E-state index contributed by atoms with van der Waals surface area (Å²) in [4.78, 5) is 30.9. The summed E-state index contributed by atoms with van der Waals surface area (Å²) in [6, 6.07) is 9.92. The maximum Gasteiger partial charge on any atom is 0.229 e. The lowest BCUT2D eigenvalue weighted by Crippen LogP contribution is -2.28. The molecule has 0 bridgehead atoms. The fourth-order valence-corrected chi connectivity index (χ4v) is 3.44. The van der Waals surface area contributed by atoms with Crippen molar-refractivity contribution >= 4 is 17.5 Å². The van der Waals surface area contributed by atoms with Crippen LogP contribution in [-0.2, 0) is 29.0 Å². The Kier molecular flexibility index (Phi) is 5.66. The van der Waals surface area contributed by atoms with Gasteiger partial charge in [0.15, 0.2) is 0 Å². The van der Waals surface area contributed by atoms with Crippen molar-refractivity contribution in [3.05, 3.63) is 59.4 Å². The first-order chi connectivity index (χ1) is 12.6. The van der Waals surface area contributed by atoms with Gasteiger partial charge >= 0.3 is 0 Å². The average Bonchev–Trinajstić information content (AvgIpc) is 3.03. The van der Waals surface area contributed by atoms with Gasteiger partial charge in [-0.25, -0.2) is 0 Å². The van der Waals surface area contributed by atoms with Crippen LogP contribution in [0, 0.1) is 5.92 Å². The van der Waals surface area contributed by atoms with Crippen molar-refractivity contribution in [3.8, 4) is 0 Å². The number of benzene rings is 1. The summed E-state index contributed by atoms with van der Waals surface area (Å²) in [7, 11) is 0. The Morgan fingerprint density at radius 2 is 1.92 bits per heavy atom. The second kappa shape index (κ2) is 8.13. The number of aromatic nitrogens is 1. The van der Waals surface area contributed by atoms with Gasteiger partial charge in [-0.3, -0.25) is 14.6 Å². The standard InChI is InChI=1S/C21H25N3O2/c1-3-16-8-5-9-17(4-2)20(16)23-21(26)18-11-19(25)24(14-18)13-15-7-6-10-22-12-15/h5-10,12,18H,3-4,11,13-14H2,1-2H3,(H,23,26). The highest BCUT2D eigenvalue weighted by Crippen LogP contribution is 2.26. The highest BCUT2D eigenvalue weighted by molar-refractivity contribution is 5.98. The molecule has 1 aliphatic rings. The maximum atomic E-state index is 12.8. The number of carbonyl (C=O) groups is 2. The number of nitrogens with zero attached hydrogens (tertiary/aromatic N) is 2. The second-order valence-corrected chi connectivity index (χ2v) is 6.68. The van der Waals surface area contributed by atoms with Crippen LogP contribution in [0.2, 0.25) is 0 Å². The van der Waals surface area contributed by atoms with E-state index < -0.39 is 0 Å². The van der Waals surface area contributed by atoms with E-state index in [1.54, 1.807) is 17.3 Å². The monoisotopic (exact) mass is 351 g/mol. The summed E-state index contributed by atoms with van der Waals surface area (Å²) in [5.74, 6) is -0.357. The quantitative estimate of drug-likeness (QED) is 0.869. The summed E-state index contributed by atoms with van der Waals surface area (Å²) < 4.78 is 0. The molecule has 1 atom stereocenters. The van der Waals surface area contributed by atoms with E-state index in [0.717, 1.165) is 35.2 Å². The van der Waals surface area contributed by atoms with Crippen molar-refractivity contribution in [2.75, 3.05) is 11.9 Å². The van der Waals surface area contributed by atoms with Gasteiger partial charge in [0.25, 0.3) is 0 Å². The Morgan fingerprint density at radius 1 is 1.19 bits per heavy atom. The molecule has 2 heterocycles. The van der Waals surface area contributed by atoms with Crippen molar-refractivity contribution in [3.63, 3.8) is 0 Å². The lowest BCUT2D eigenvalue weighted by molar-refractivity contribution is -0.128. The molecule has 1 N–H and O–H groups in total. The molecule has 0 aliphatic carbocycles. The highest BCUT2D eigenvalue weighted by atomic mass is 16.2. The van der Waals surface area contributed by atoms with Crippen LogP contribution in [-0.4, -0.2) is 28.2 Å². The topological polar surface area (TPSA) is 62.3 Å². The summed E-state index contributed by atoms with van der Waals surface area (Å²) in [5, 5.41) is 3.10. The number of nitrogens with one attached hydrogen (secondary N) is 1.